The molecule has 1 spiro atoms. The summed E-state index contributed by atoms with van der Waals surface area (Å²) in [5.41, 5.74) is 29.0. The van der Waals surface area contributed by atoms with Gasteiger partial charge in [0, 0.05) is 27.8 Å². The summed E-state index contributed by atoms with van der Waals surface area (Å²) >= 11 is 0. The summed E-state index contributed by atoms with van der Waals surface area (Å²) in [4.78, 5) is 2.59. The highest BCUT2D eigenvalue weighted by Crippen LogP contribution is 2.66. The maximum atomic E-state index is 2.59. The van der Waals surface area contributed by atoms with E-state index in [-0.39, 0.29) is 10.8 Å². The van der Waals surface area contributed by atoms with Crippen molar-refractivity contribution >= 4 is 17.1 Å². The van der Waals surface area contributed by atoms with Crippen LogP contribution in [0.15, 0.2) is 224 Å². The van der Waals surface area contributed by atoms with Crippen LogP contribution in [0.1, 0.15) is 72.2 Å². The summed E-state index contributed by atoms with van der Waals surface area (Å²) in [6.45, 7) is 9.61. The van der Waals surface area contributed by atoms with Gasteiger partial charge < -0.3 is 4.90 Å². The van der Waals surface area contributed by atoms with Gasteiger partial charge in [-0.05, 0) is 142 Å². The van der Waals surface area contributed by atoms with E-state index in [4.69, 9.17) is 0 Å². The molecule has 1 atom stereocenters. The predicted molar refractivity (Wildman–Crippen MR) is 283 cm³/mol. The number of benzene rings is 10. The van der Waals surface area contributed by atoms with Crippen LogP contribution in [-0.2, 0) is 16.2 Å². The third-order valence-corrected chi connectivity index (χ3v) is 16.3. The zero-order valence-corrected chi connectivity index (χ0v) is 38.8. The first-order valence-corrected chi connectivity index (χ1v) is 24.2. The van der Waals surface area contributed by atoms with Gasteiger partial charge >= 0.3 is 0 Å². The average Bonchev–Trinajstić information content (AvgIpc) is 4.02. The lowest BCUT2D eigenvalue weighted by Gasteiger charge is -2.33. The van der Waals surface area contributed by atoms with Gasteiger partial charge in [0.1, 0.15) is 0 Å². The molecule has 0 aliphatic heterocycles. The minimum absolute atomic E-state index is 0.158. The highest BCUT2D eigenvalue weighted by atomic mass is 15.1. The lowest BCUT2D eigenvalue weighted by molar-refractivity contribution is 0.660. The first kappa shape index (κ1) is 39.2. The molecular weight excluding hydrogens is 819 g/mol. The molecule has 68 heavy (non-hydrogen) atoms. The molecule has 0 N–H and O–H groups in total. The molecule has 0 aromatic heterocycles. The Morgan fingerprint density at radius 3 is 1.32 bits per heavy atom. The molecule has 10 aromatic rings. The zero-order valence-electron chi connectivity index (χ0n) is 38.8. The van der Waals surface area contributed by atoms with E-state index < -0.39 is 5.41 Å². The summed E-state index contributed by atoms with van der Waals surface area (Å²) < 4.78 is 0. The lowest BCUT2D eigenvalue weighted by Crippen LogP contribution is -2.26. The normalized spacial score (nSPS) is 16.5. The van der Waals surface area contributed by atoms with E-state index in [1.165, 1.54) is 117 Å². The van der Waals surface area contributed by atoms with Gasteiger partial charge in [0.05, 0.1) is 11.1 Å². The Balaban J connectivity index is 1.02. The second-order valence-corrected chi connectivity index (χ2v) is 20.4. The number of nitrogens with zero attached hydrogens (tertiary/aromatic N) is 1. The van der Waals surface area contributed by atoms with Crippen LogP contribution in [-0.4, -0.2) is 0 Å². The second-order valence-electron chi connectivity index (χ2n) is 20.4. The van der Waals surface area contributed by atoms with Gasteiger partial charge in [-0.15, -0.1) is 0 Å². The van der Waals surface area contributed by atoms with Gasteiger partial charge in [-0.1, -0.05) is 216 Å². The van der Waals surface area contributed by atoms with Crippen molar-refractivity contribution in [1.82, 2.24) is 0 Å². The van der Waals surface area contributed by atoms with Gasteiger partial charge in [-0.3, -0.25) is 0 Å². The Kier molecular flexibility index (Phi) is 8.08. The van der Waals surface area contributed by atoms with E-state index in [0.29, 0.717) is 0 Å². The highest BCUT2D eigenvalue weighted by molar-refractivity contribution is 6.04. The summed E-state index contributed by atoms with van der Waals surface area (Å²) in [5, 5.41) is 0. The Morgan fingerprint density at radius 1 is 0.265 bits per heavy atom. The van der Waals surface area contributed by atoms with Gasteiger partial charge in [-0.25, -0.2) is 0 Å². The third-order valence-electron chi connectivity index (χ3n) is 16.3. The first-order valence-electron chi connectivity index (χ1n) is 24.2. The monoisotopic (exact) mass is 867 g/mol. The van der Waals surface area contributed by atoms with Crippen LogP contribution in [0.5, 0.6) is 0 Å². The van der Waals surface area contributed by atoms with Gasteiger partial charge in [0.15, 0.2) is 0 Å². The number of hydrogen-bond donors (Lipinski definition) is 0. The number of anilines is 3. The molecule has 1 heteroatoms. The van der Waals surface area contributed by atoms with Crippen LogP contribution in [0.2, 0.25) is 0 Å². The molecule has 1 nitrogen and oxygen atoms in total. The van der Waals surface area contributed by atoms with Crippen LogP contribution >= 0.6 is 0 Å². The van der Waals surface area contributed by atoms with Crippen molar-refractivity contribution in [3.63, 3.8) is 0 Å². The number of rotatable bonds is 5. The van der Waals surface area contributed by atoms with Crippen molar-refractivity contribution < 1.29 is 0 Å². The highest BCUT2D eigenvalue weighted by Gasteiger charge is 2.53. The average molecular weight is 868 g/mol. The summed E-state index contributed by atoms with van der Waals surface area (Å²) in [6, 6.07) is 84.9. The number of fused-ring (bicyclic) bond motifs is 16. The molecule has 0 fully saturated rings. The van der Waals surface area contributed by atoms with E-state index >= 15 is 0 Å². The molecule has 10 aromatic carbocycles. The molecule has 4 aliphatic carbocycles. The van der Waals surface area contributed by atoms with Crippen LogP contribution in [0, 0.1) is 0 Å². The Labute approximate surface area is 399 Å². The van der Waals surface area contributed by atoms with Crippen LogP contribution in [0.4, 0.5) is 17.1 Å². The van der Waals surface area contributed by atoms with E-state index in [1.807, 2.05) is 0 Å². The molecule has 0 heterocycles. The second kappa shape index (κ2) is 14.0. The summed E-state index contributed by atoms with van der Waals surface area (Å²) in [7, 11) is 0. The smallest absolute Gasteiger partial charge is 0.0726 e. The molecular formula is C67H49N. The fourth-order valence-electron chi connectivity index (χ4n) is 13.2. The Bertz CT molecular complexity index is 3740. The van der Waals surface area contributed by atoms with Crippen LogP contribution in [0.3, 0.4) is 0 Å². The fraction of sp³-hybridized carbons (Fsp3) is 0.104. The summed E-state index contributed by atoms with van der Waals surface area (Å²) in [6.07, 6.45) is 0. The SMILES string of the molecule is CC1(C)c2ccccc2-c2ccc(N(c3ccc4c(c3)C(C)(C)c3cc(-c5ccccc5)ccc3-4)c3cccc4c3-c3ccccc3C43c4ccccc4-c4c(-c5ccccc5)cccc43)cc21. The van der Waals surface area contributed by atoms with Gasteiger partial charge in [0.25, 0.3) is 0 Å². The quantitative estimate of drug-likeness (QED) is 0.167. The predicted octanol–water partition coefficient (Wildman–Crippen LogP) is 17.4. The molecule has 1 unspecified atom stereocenters. The molecule has 0 amide bonds. The van der Waals surface area contributed by atoms with Crippen molar-refractivity contribution in [3.8, 4) is 66.8 Å². The van der Waals surface area contributed by atoms with E-state index in [0.717, 1.165) is 11.4 Å². The molecule has 0 bridgehead atoms. The van der Waals surface area contributed by atoms with Crippen molar-refractivity contribution in [2.45, 2.75) is 43.9 Å². The van der Waals surface area contributed by atoms with Gasteiger partial charge in [0.2, 0.25) is 0 Å². The first-order chi connectivity index (χ1) is 33.3. The maximum absolute atomic E-state index is 2.59. The van der Waals surface area contributed by atoms with Crippen LogP contribution in [0.25, 0.3) is 66.8 Å². The van der Waals surface area contributed by atoms with Crippen molar-refractivity contribution in [1.29, 1.82) is 0 Å². The molecule has 0 saturated heterocycles. The molecule has 322 valence electrons. The zero-order chi connectivity index (χ0) is 45.5. The van der Waals surface area contributed by atoms with Crippen molar-refractivity contribution in [3.05, 3.63) is 269 Å². The molecule has 14 rings (SSSR count). The van der Waals surface area contributed by atoms with Crippen molar-refractivity contribution in [2.24, 2.45) is 0 Å². The van der Waals surface area contributed by atoms with E-state index in [9.17, 15) is 0 Å². The van der Waals surface area contributed by atoms with Gasteiger partial charge in [-0.2, -0.15) is 0 Å². The number of hydrogen-bond acceptors (Lipinski definition) is 1. The fourth-order valence-corrected chi connectivity index (χ4v) is 13.2. The largest absolute Gasteiger partial charge is 0.310 e. The molecule has 0 saturated carbocycles. The standard InChI is InChI=1S/C67H49N/c1-65(2)54-27-14-11-23-48(54)50-37-34-45(40-60(50)65)68(46-35-38-51-49-36-33-44(42-19-7-5-8-20-42)39-59(49)66(3,4)61(51)41-46)62-32-18-31-58-64(62)53-25-13-16-29-56(53)67(58)55-28-15-12-24-52(55)63-47(26-17-30-57(63)67)43-21-9-6-10-22-43/h5-41H,1-4H3. The minimum Gasteiger partial charge on any atom is -0.310 e. The third kappa shape index (κ3) is 5.11. The van der Waals surface area contributed by atoms with E-state index in [2.05, 4.69) is 257 Å². The molecule has 0 radical (unpaired) electrons. The maximum Gasteiger partial charge on any atom is 0.0726 e. The lowest BCUT2D eigenvalue weighted by atomic mass is 9.70. The Morgan fingerprint density at radius 2 is 0.691 bits per heavy atom. The minimum atomic E-state index is -0.510. The van der Waals surface area contributed by atoms with Crippen molar-refractivity contribution in [2.75, 3.05) is 4.90 Å². The summed E-state index contributed by atoms with van der Waals surface area (Å²) in [5.74, 6) is 0. The van der Waals surface area contributed by atoms with Crippen LogP contribution < -0.4 is 4.90 Å². The molecule has 4 aliphatic rings. The topological polar surface area (TPSA) is 3.24 Å². The Hall–Kier alpha value is -8.00. The van der Waals surface area contributed by atoms with E-state index in [1.54, 1.807) is 0 Å².